The first-order valence-electron chi connectivity index (χ1n) is 9.53. The van der Waals surface area contributed by atoms with E-state index in [1.54, 1.807) is 19.4 Å². The third-order valence-corrected chi connectivity index (χ3v) is 5.95. The molecule has 8 nitrogen and oxygen atoms in total. The number of nitrogens with one attached hydrogen (secondary N) is 3. The third-order valence-electron chi connectivity index (χ3n) is 5.37. The number of fused-ring (bicyclic) bond motifs is 1. The average Bonchev–Trinajstić information content (AvgIpc) is 3.12. The Morgan fingerprint density at radius 3 is 2.97 bits per heavy atom. The molecular formula is C20H23BrN6O2. The minimum absolute atomic E-state index is 0.159. The van der Waals surface area contributed by atoms with E-state index in [0.29, 0.717) is 22.9 Å². The van der Waals surface area contributed by atoms with Gasteiger partial charge in [0.2, 0.25) is 5.56 Å². The van der Waals surface area contributed by atoms with Crippen LogP contribution in [0.3, 0.4) is 0 Å². The molecule has 29 heavy (non-hydrogen) atoms. The van der Waals surface area contributed by atoms with Crippen molar-refractivity contribution in [3.05, 3.63) is 51.1 Å². The van der Waals surface area contributed by atoms with Crippen molar-refractivity contribution in [3.63, 3.8) is 0 Å². The molecule has 1 saturated heterocycles. The third kappa shape index (κ3) is 3.79. The smallest absolute Gasteiger partial charge is 0.257 e. The molecule has 4 heterocycles. The molecule has 1 fully saturated rings. The SMILES string of the molecule is CNC1CCCN(c2c(Br)cnc3[nH]cc(NC(=O)c4ccc(=O)n(C)c4)c23)C1. The van der Waals surface area contributed by atoms with Crippen molar-refractivity contribution < 1.29 is 4.79 Å². The predicted octanol–water partition coefficient (Wildman–Crippen LogP) is 2.46. The molecule has 9 heteroatoms. The van der Waals surface area contributed by atoms with Crippen molar-refractivity contribution in [1.29, 1.82) is 0 Å². The number of hydrogen-bond donors (Lipinski definition) is 3. The van der Waals surface area contributed by atoms with Gasteiger partial charge in [0.25, 0.3) is 5.91 Å². The van der Waals surface area contributed by atoms with Gasteiger partial charge in [-0.15, -0.1) is 0 Å². The highest BCUT2D eigenvalue weighted by Crippen LogP contribution is 2.39. The summed E-state index contributed by atoms with van der Waals surface area (Å²) >= 11 is 3.65. The lowest BCUT2D eigenvalue weighted by atomic mass is 10.0. The van der Waals surface area contributed by atoms with E-state index in [9.17, 15) is 9.59 Å². The highest BCUT2D eigenvalue weighted by molar-refractivity contribution is 9.10. The van der Waals surface area contributed by atoms with E-state index in [4.69, 9.17) is 0 Å². The molecule has 152 valence electrons. The van der Waals surface area contributed by atoms with Gasteiger partial charge in [-0.05, 0) is 41.9 Å². The summed E-state index contributed by atoms with van der Waals surface area (Å²) in [5.41, 5.74) is 2.65. The Balaban J connectivity index is 1.72. The number of anilines is 2. The van der Waals surface area contributed by atoms with Crippen molar-refractivity contribution in [2.45, 2.75) is 18.9 Å². The van der Waals surface area contributed by atoms with Gasteiger partial charge in [0.1, 0.15) is 5.65 Å². The van der Waals surface area contributed by atoms with Gasteiger partial charge in [-0.1, -0.05) is 0 Å². The second-order valence-electron chi connectivity index (χ2n) is 7.28. The van der Waals surface area contributed by atoms with Crippen LogP contribution in [0.5, 0.6) is 0 Å². The lowest BCUT2D eigenvalue weighted by Crippen LogP contribution is -2.44. The first-order valence-corrected chi connectivity index (χ1v) is 10.3. The number of nitrogens with zero attached hydrogens (tertiary/aromatic N) is 3. The summed E-state index contributed by atoms with van der Waals surface area (Å²) in [5.74, 6) is -0.279. The summed E-state index contributed by atoms with van der Waals surface area (Å²) in [6.45, 7) is 1.82. The number of hydrogen-bond acceptors (Lipinski definition) is 5. The second kappa shape index (κ2) is 8.00. The van der Waals surface area contributed by atoms with E-state index in [2.05, 4.69) is 41.4 Å². The fourth-order valence-electron chi connectivity index (χ4n) is 3.80. The van der Waals surface area contributed by atoms with Crippen LogP contribution in [0.15, 0.2) is 40.0 Å². The molecule has 4 rings (SSSR count). The molecule has 0 bridgehead atoms. The average molecular weight is 459 g/mol. The minimum atomic E-state index is -0.279. The normalized spacial score (nSPS) is 16.9. The van der Waals surface area contributed by atoms with Crippen LogP contribution in [0.4, 0.5) is 11.4 Å². The van der Waals surface area contributed by atoms with Gasteiger partial charge >= 0.3 is 0 Å². The van der Waals surface area contributed by atoms with E-state index in [1.807, 2.05) is 7.05 Å². The number of amides is 1. The van der Waals surface area contributed by atoms with E-state index in [0.717, 1.165) is 41.5 Å². The highest BCUT2D eigenvalue weighted by Gasteiger charge is 2.25. The number of H-pyrrole nitrogens is 1. The number of aromatic nitrogens is 3. The minimum Gasteiger partial charge on any atom is -0.368 e. The zero-order chi connectivity index (χ0) is 20.5. The topological polar surface area (TPSA) is 95.1 Å². The number of rotatable bonds is 4. The number of halogens is 1. The summed E-state index contributed by atoms with van der Waals surface area (Å²) in [7, 11) is 3.61. The van der Waals surface area contributed by atoms with Crippen LogP contribution in [-0.4, -0.2) is 46.6 Å². The fourth-order valence-corrected chi connectivity index (χ4v) is 4.35. The monoisotopic (exact) mass is 458 g/mol. The molecule has 1 aliphatic rings. The number of likely N-dealkylation sites (N-methyl/N-ethyl adjacent to an activating group) is 1. The molecule has 0 aliphatic carbocycles. The number of carbonyl (C=O) groups is 1. The summed E-state index contributed by atoms with van der Waals surface area (Å²) < 4.78 is 2.28. The van der Waals surface area contributed by atoms with Crippen molar-refractivity contribution in [2.24, 2.45) is 7.05 Å². The first kappa shape index (κ1) is 19.7. The van der Waals surface area contributed by atoms with E-state index >= 15 is 0 Å². The van der Waals surface area contributed by atoms with Crippen LogP contribution < -0.4 is 21.1 Å². The lowest BCUT2D eigenvalue weighted by molar-refractivity contribution is 0.102. The largest absolute Gasteiger partial charge is 0.368 e. The van der Waals surface area contributed by atoms with Gasteiger partial charge in [0.15, 0.2) is 0 Å². The molecule has 0 spiro atoms. The van der Waals surface area contributed by atoms with Crippen LogP contribution in [0, 0.1) is 0 Å². The number of aromatic amines is 1. The molecule has 0 saturated carbocycles. The van der Waals surface area contributed by atoms with Crippen LogP contribution in [0.25, 0.3) is 11.0 Å². The van der Waals surface area contributed by atoms with Gasteiger partial charge in [0, 0.05) is 50.8 Å². The van der Waals surface area contributed by atoms with Gasteiger partial charge in [-0.3, -0.25) is 9.59 Å². The number of pyridine rings is 2. The Hall–Kier alpha value is -2.65. The number of carbonyl (C=O) groups excluding carboxylic acids is 1. The fraction of sp³-hybridized carbons (Fsp3) is 0.350. The first-order chi connectivity index (χ1) is 14.0. The van der Waals surface area contributed by atoms with Crippen LogP contribution in [0.2, 0.25) is 0 Å². The van der Waals surface area contributed by atoms with E-state index in [1.165, 1.54) is 22.9 Å². The maximum absolute atomic E-state index is 12.8. The van der Waals surface area contributed by atoms with Crippen molar-refractivity contribution >= 4 is 44.2 Å². The Morgan fingerprint density at radius 1 is 1.38 bits per heavy atom. The summed E-state index contributed by atoms with van der Waals surface area (Å²) in [6.07, 6.45) is 7.31. The molecule has 1 amide bonds. The van der Waals surface area contributed by atoms with Gasteiger partial charge in [0.05, 0.1) is 26.8 Å². The van der Waals surface area contributed by atoms with Crippen molar-refractivity contribution in [1.82, 2.24) is 19.9 Å². The zero-order valence-electron chi connectivity index (χ0n) is 16.3. The van der Waals surface area contributed by atoms with Crippen molar-refractivity contribution in [3.8, 4) is 0 Å². The standard InChI is InChI=1S/C20H23BrN6O2/c1-22-13-4-3-7-27(11-13)18-14(21)8-23-19-17(18)15(9-24-19)25-20(29)12-5-6-16(28)26(2)10-12/h5-6,8-10,13,22H,3-4,7,11H2,1-2H3,(H,23,24)(H,25,29). The summed E-state index contributed by atoms with van der Waals surface area (Å²) in [6, 6.07) is 3.34. The van der Waals surface area contributed by atoms with E-state index < -0.39 is 0 Å². The lowest BCUT2D eigenvalue weighted by Gasteiger charge is -2.35. The Morgan fingerprint density at radius 2 is 2.21 bits per heavy atom. The molecule has 1 unspecified atom stereocenters. The van der Waals surface area contributed by atoms with Crippen LogP contribution in [0.1, 0.15) is 23.2 Å². The number of piperidine rings is 1. The highest BCUT2D eigenvalue weighted by atomic mass is 79.9. The predicted molar refractivity (Wildman–Crippen MR) is 118 cm³/mol. The molecular weight excluding hydrogens is 436 g/mol. The molecule has 0 radical (unpaired) electrons. The molecule has 3 aromatic rings. The Kier molecular flexibility index (Phi) is 5.42. The van der Waals surface area contributed by atoms with Gasteiger partial charge in [-0.2, -0.15) is 0 Å². The van der Waals surface area contributed by atoms with Crippen LogP contribution in [-0.2, 0) is 7.05 Å². The van der Waals surface area contributed by atoms with Crippen LogP contribution >= 0.6 is 15.9 Å². The number of aryl methyl sites for hydroxylation is 1. The quantitative estimate of drug-likeness (QED) is 0.558. The van der Waals surface area contributed by atoms with E-state index in [-0.39, 0.29) is 11.5 Å². The molecule has 1 atom stereocenters. The summed E-state index contributed by atoms with van der Waals surface area (Å²) in [5, 5.41) is 7.21. The van der Waals surface area contributed by atoms with Gasteiger partial charge in [-0.25, -0.2) is 4.98 Å². The molecule has 1 aliphatic heterocycles. The van der Waals surface area contributed by atoms with Gasteiger partial charge < -0.3 is 25.1 Å². The second-order valence-corrected chi connectivity index (χ2v) is 8.13. The maximum atomic E-state index is 12.8. The zero-order valence-corrected chi connectivity index (χ0v) is 17.9. The Bertz CT molecular complexity index is 1120. The maximum Gasteiger partial charge on any atom is 0.257 e. The summed E-state index contributed by atoms with van der Waals surface area (Å²) in [4.78, 5) is 34.3. The molecule has 3 aromatic heterocycles. The van der Waals surface area contributed by atoms with Crippen molar-refractivity contribution in [2.75, 3.05) is 30.4 Å². The molecule has 0 aromatic carbocycles. The Labute approximate surface area is 176 Å². The molecule has 3 N–H and O–H groups in total.